The summed E-state index contributed by atoms with van der Waals surface area (Å²) >= 11 is 0. The molecule has 1 heterocycles. The molecule has 1 aliphatic heterocycles. The first kappa shape index (κ1) is 10.9. The number of hydrogen-bond acceptors (Lipinski definition) is 3. The fraction of sp³-hybridized carbons (Fsp3) is 0.909. The maximum Gasteiger partial charge on any atom is 0.305 e. The van der Waals surface area contributed by atoms with Crippen molar-refractivity contribution < 1.29 is 9.90 Å². The Bertz CT molecular complexity index is 252. The largest absolute Gasteiger partial charge is 0.481 e. The molecule has 0 bridgehead atoms. The molecule has 1 saturated carbocycles. The highest BCUT2D eigenvalue weighted by Crippen LogP contribution is 2.37. The van der Waals surface area contributed by atoms with Gasteiger partial charge in [0.05, 0.1) is 12.0 Å². The molecular weight excluding hydrogens is 192 g/mol. The zero-order valence-electron chi connectivity index (χ0n) is 9.31. The second kappa shape index (κ2) is 3.76. The van der Waals surface area contributed by atoms with Crippen LogP contribution in [0, 0.1) is 0 Å². The van der Waals surface area contributed by atoms with Gasteiger partial charge in [-0.05, 0) is 25.7 Å². The van der Waals surface area contributed by atoms with Gasteiger partial charge in [0.15, 0.2) is 0 Å². The highest BCUT2D eigenvalue weighted by Gasteiger charge is 2.47. The summed E-state index contributed by atoms with van der Waals surface area (Å²) in [6, 6.07) is 0. The van der Waals surface area contributed by atoms with E-state index >= 15 is 0 Å². The highest BCUT2D eigenvalue weighted by molar-refractivity contribution is 5.69. The SMILES string of the molecule is CCC1(NC2(CC(=O)O)CNC2)CCC1. The molecule has 4 heteroatoms. The Morgan fingerprint density at radius 3 is 2.33 bits per heavy atom. The number of aliphatic carboxylic acids is 1. The average molecular weight is 212 g/mol. The van der Waals surface area contributed by atoms with Gasteiger partial charge in [-0.2, -0.15) is 0 Å². The third-order valence-corrected chi connectivity index (χ3v) is 3.93. The zero-order valence-corrected chi connectivity index (χ0v) is 9.31. The van der Waals surface area contributed by atoms with Gasteiger partial charge in [0.2, 0.25) is 0 Å². The molecule has 2 rings (SSSR count). The number of hydrogen-bond donors (Lipinski definition) is 3. The van der Waals surface area contributed by atoms with E-state index in [-0.39, 0.29) is 17.5 Å². The molecule has 0 unspecified atom stereocenters. The van der Waals surface area contributed by atoms with E-state index in [0.717, 1.165) is 19.5 Å². The van der Waals surface area contributed by atoms with Crippen LogP contribution in [0.15, 0.2) is 0 Å². The van der Waals surface area contributed by atoms with E-state index < -0.39 is 5.97 Å². The quantitative estimate of drug-likeness (QED) is 0.628. The molecule has 0 aromatic heterocycles. The van der Waals surface area contributed by atoms with E-state index in [2.05, 4.69) is 17.6 Å². The maximum absolute atomic E-state index is 10.8. The predicted molar refractivity (Wildman–Crippen MR) is 57.9 cm³/mol. The van der Waals surface area contributed by atoms with Crippen molar-refractivity contribution in [3.05, 3.63) is 0 Å². The minimum atomic E-state index is -0.699. The Hall–Kier alpha value is -0.610. The number of nitrogens with one attached hydrogen (secondary N) is 2. The highest BCUT2D eigenvalue weighted by atomic mass is 16.4. The van der Waals surface area contributed by atoms with Crippen molar-refractivity contribution in [3.8, 4) is 0 Å². The van der Waals surface area contributed by atoms with Crippen LogP contribution in [0.5, 0.6) is 0 Å². The van der Waals surface area contributed by atoms with Gasteiger partial charge < -0.3 is 15.7 Å². The molecule has 15 heavy (non-hydrogen) atoms. The number of carboxylic acid groups (broad SMARTS) is 1. The lowest BCUT2D eigenvalue weighted by Crippen LogP contribution is -2.74. The van der Waals surface area contributed by atoms with Crippen molar-refractivity contribution in [2.24, 2.45) is 0 Å². The van der Waals surface area contributed by atoms with Gasteiger partial charge >= 0.3 is 5.97 Å². The van der Waals surface area contributed by atoms with Crippen LogP contribution < -0.4 is 10.6 Å². The fourth-order valence-electron chi connectivity index (χ4n) is 2.71. The van der Waals surface area contributed by atoms with Gasteiger partial charge in [-0.3, -0.25) is 4.79 Å². The van der Waals surface area contributed by atoms with Crippen molar-refractivity contribution in [3.63, 3.8) is 0 Å². The predicted octanol–water partition coefficient (Wildman–Crippen LogP) is 0.725. The first-order valence-corrected chi connectivity index (χ1v) is 5.82. The summed E-state index contributed by atoms with van der Waals surface area (Å²) in [6.07, 6.45) is 5.02. The number of carboxylic acids is 1. The van der Waals surface area contributed by atoms with Crippen LogP contribution in [0.4, 0.5) is 0 Å². The molecule has 86 valence electrons. The van der Waals surface area contributed by atoms with Gasteiger partial charge in [0.25, 0.3) is 0 Å². The molecule has 2 fully saturated rings. The summed E-state index contributed by atoms with van der Waals surface area (Å²) in [6.45, 7) is 3.77. The summed E-state index contributed by atoms with van der Waals surface area (Å²) < 4.78 is 0. The van der Waals surface area contributed by atoms with E-state index in [1.165, 1.54) is 19.3 Å². The molecule has 0 amide bonds. The second-order valence-electron chi connectivity index (χ2n) is 5.07. The third kappa shape index (κ3) is 2.01. The lowest BCUT2D eigenvalue weighted by atomic mass is 9.71. The van der Waals surface area contributed by atoms with Crippen LogP contribution in [0.2, 0.25) is 0 Å². The summed E-state index contributed by atoms with van der Waals surface area (Å²) in [5.41, 5.74) is 0.0554. The molecule has 1 aliphatic carbocycles. The van der Waals surface area contributed by atoms with Crippen molar-refractivity contribution in [1.29, 1.82) is 0 Å². The van der Waals surface area contributed by atoms with E-state index in [0.29, 0.717) is 0 Å². The Morgan fingerprint density at radius 1 is 1.40 bits per heavy atom. The monoisotopic (exact) mass is 212 g/mol. The second-order valence-corrected chi connectivity index (χ2v) is 5.07. The molecule has 0 aromatic carbocycles. The fourth-order valence-corrected chi connectivity index (χ4v) is 2.71. The van der Waals surface area contributed by atoms with Gasteiger partial charge in [-0.1, -0.05) is 6.92 Å². The smallest absolute Gasteiger partial charge is 0.305 e. The molecule has 2 aliphatic rings. The van der Waals surface area contributed by atoms with Gasteiger partial charge in [-0.25, -0.2) is 0 Å². The minimum absolute atomic E-state index is 0.178. The molecule has 0 spiro atoms. The summed E-state index contributed by atoms with van der Waals surface area (Å²) in [5.74, 6) is -0.699. The average Bonchev–Trinajstić information content (AvgIpc) is 2.06. The Kier molecular flexibility index (Phi) is 2.73. The standard InChI is InChI=1S/C11H20N2O2/c1-2-10(4-3-5-10)13-11(6-9(14)15)7-12-8-11/h12-13H,2-8H2,1H3,(H,14,15). The molecule has 4 nitrogen and oxygen atoms in total. The lowest BCUT2D eigenvalue weighted by molar-refractivity contribution is -0.139. The van der Waals surface area contributed by atoms with Gasteiger partial charge in [0.1, 0.15) is 0 Å². The maximum atomic E-state index is 10.8. The van der Waals surface area contributed by atoms with E-state index in [4.69, 9.17) is 5.11 Å². The summed E-state index contributed by atoms with van der Waals surface area (Å²) in [7, 11) is 0. The van der Waals surface area contributed by atoms with Crippen molar-refractivity contribution in [2.75, 3.05) is 13.1 Å². The number of carbonyl (C=O) groups is 1. The molecule has 0 radical (unpaired) electrons. The van der Waals surface area contributed by atoms with Crippen molar-refractivity contribution >= 4 is 5.97 Å². The Balaban J connectivity index is 1.97. The van der Waals surface area contributed by atoms with Crippen LogP contribution in [-0.4, -0.2) is 35.2 Å². The van der Waals surface area contributed by atoms with Crippen LogP contribution in [0.1, 0.15) is 39.0 Å². The van der Waals surface area contributed by atoms with Crippen LogP contribution >= 0.6 is 0 Å². The third-order valence-electron chi connectivity index (χ3n) is 3.93. The molecule has 0 atom stereocenters. The normalized spacial score (nSPS) is 26.5. The van der Waals surface area contributed by atoms with Crippen LogP contribution in [-0.2, 0) is 4.79 Å². The summed E-state index contributed by atoms with van der Waals surface area (Å²) in [4.78, 5) is 10.8. The first-order chi connectivity index (χ1) is 7.10. The zero-order chi connectivity index (χ0) is 10.9. The van der Waals surface area contributed by atoms with E-state index in [1.54, 1.807) is 0 Å². The Labute approximate surface area is 90.4 Å². The lowest BCUT2D eigenvalue weighted by Gasteiger charge is -2.53. The van der Waals surface area contributed by atoms with Crippen LogP contribution in [0.25, 0.3) is 0 Å². The minimum Gasteiger partial charge on any atom is -0.481 e. The van der Waals surface area contributed by atoms with Crippen molar-refractivity contribution in [2.45, 2.75) is 50.1 Å². The summed E-state index contributed by atoms with van der Waals surface area (Å²) in [5, 5.41) is 15.7. The molecular formula is C11H20N2O2. The first-order valence-electron chi connectivity index (χ1n) is 5.82. The van der Waals surface area contributed by atoms with Crippen LogP contribution in [0.3, 0.4) is 0 Å². The molecule has 3 N–H and O–H groups in total. The van der Waals surface area contributed by atoms with Crippen molar-refractivity contribution in [1.82, 2.24) is 10.6 Å². The van der Waals surface area contributed by atoms with E-state index in [1.807, 2.05) is 0 Å². The van der Waals surface area contributed by atoms with Gasteiger partial charge in [-0.15, -0.1) is 0 Å². The van der Waals surface area contributed by atoms with E-state index in [9.17, 15) is 4.79 Å². The number of rotatable bonds is 5. The van der Waals surface area contributed by atoms with Gasteiger partial charge in [0, 0.05) is 18.6 Å². The Morgan fingerprint density at radius 2 is 2.07 bits per heavy atom. The topological polar surface area (TPSA) is 61.4 Å². The molecule has 0 aromatic rings. The molecule has 1 saturated heterocycles.